The molecule has 8 heavy (non-hydrogen) atoms. The van der Waals surface area contributed by atoms with Gasteiger partial charge < -0.3 is 0 Å². The standard InChI is InChI=1S/C7H14.HI/c1-2-7-5-3-4-6-7;/h7H,2-6H2,1H3;1H. The van der Waals surface area contributed by atoms with E-state index in [0.717, 1.165) is 5.92 Å². The van der Waals surface area contributed by atoms with Crippen LogP contribution in [0.2, 0.25) is 0 Å². The van der Waals surface area contributed by atoms with Crippen molar-refractivity contribution in [3.63, 3.8) is 0 Å². The summed E-state index contributed by atoms with van der Waals surface area (Å²) in [7, 11) is 0. The molecule has 0 radical (unpaired) electrons. The molecule has 0 aromatic heterocycles. The second-order valence-corrected chi connectivity index (χ2v) is 2.56. The van der Waals surface area contributed by atoms with Crippen LogP contribution >= 0.6 is 24.0 Å². The predicted molar refractivity (Wildman–Crippen MR) is 47.7 cm³/mol. The van der Waals surface area contributed by atoms with Crippen molar-refractivity contribution in [1.29, 1.82) is 0 Å². The van der Waals surface area contributed by atoms with Crippen LogP contribution in [0, 0.1) is 5.92 Å². The fourth-order valence-electron chi connectivity index (χ4n) is 1.42. The van der Waals surface area contributed by atoms with E-state index in [1.165, 1.54) is 32.1 Å². The molecule has 0 bridgehead atoms. The Kier molecular flexibility index (Phi) is 5.01. The molecule has 0 aromatic rings. The van der Waals surface area contributed by atoms with E-state index in [0.29, 0.717) is 0 Å². The molecular formula is C7H15I. The highest BCUT2D eigenvalue weighted by Crippen LogP contribution is 2.26. The zero-order valence-electron chi connectivity index (χ0n) is 5.52. The van der Waals surface area contributed by atoms with Gasteiger partial charge in [-0.1, -0.05) is 39.0 Å². The monoisotopic (exact) mass is 226 g/mol. The van der Waals surface area contributed by atoms with Gasteiger partial charge in [-0.15, -0.1) is 24.0 Å². The molecule has 50 valence electrons. The molecule has 0 saturated heterocycles. The summed E-state index contributed by atoms with van der Waals surface area (Å²) in [5, 5.41) is 0. The molecule has 0 spiro atoms. The maximum atomic E-state index is 2.30. The van der Waals surface area contributed by atoms with Crippen molar-refractivity contribution < 1.29 is 0 Å². The summed E-state index contributed by atoms with van der Waals surface area (Å²) < 4.78 is 0. The van der Waals surface area contributed by atoms with E-state index < -0.39 is 0 Å². The topological polar surface area (TPSA) is 0 Å². The molecule has 1 aliphatic rings. The lowest BCUT2D eigenvalue weighted by molar-refractivity contribution is 0.531. The van der Waals surface area contributed by atoms with Crippen LogP contribution in [0.1, 0.15) is 39.0 Å². The summed E-state index contributed by atoms with van der Waals surface area (Å²) in [5.41, 5.74) is 0. The molecule has 0 unspecified atom stereocenters. The highest BCUT2D eigenvalue weighted by Gasteiger charge is 2.11. The average molecular weight is 226 g/mol. The Bertz CT molecular complexity index is 46.3. The van der Waals surface area contributed by atoms with Crippen LogP contribution in [-0.2, 0) is 0 Å². The minimum atomic E-state index is 0. The molecule has 0 atom stereocenters. The van der Waals surface area contributed by atoms with E-state index >= 15 is 0 Å². The van der Waals surface area contributed by atoms with Crippen molar-refractivity contribution in [2.75, 3.05) is 0 Å². The summed E-state index contributed by atoms with van der Waals surface area (Å²) in [5.74, 6) is 1.10. The van der Waals surface area contributed by atoms with E-state index in [1.54, 1.807) is 0 Å². The summed E-state index contributed by atoms with van der Waals surface area (Å²) in [6.45, 7) is 2.30. The smallest absolute Gasteiger partial charge is 0.0417 e. The average Bonchev–Trinajstić information content (AvgIpc) is 2.14. The van der Waals surface area contributed by atoms with Gasteiger partial charge in [0.2, 0.25) is 0 Å². The third-order valence-corrected chi connectivity index (χ3v) is 2.05. The second-order valence-electron chi connectivity index (χ2n) is 2.56. The molecule has 1 heteroatoms. The van der Waals surface area contributed by atoms with E-state index in [9.17, 15) is 0 Å². The quantitative estimate of drug-likeness (QED) is 0.602. The molecule has 0 aliphatic heterocycles. The van der Waals surface area contributed by atoms with Gasteiger partial charge in [0.15, 0.2) is 0 Å². The van der Waals surface area contributed by atoms with Gasteiger partial charge in [-0.3, -0.25) is 0 Å². The van der Waals surface area contributed by atoms with Crippen molar-refractivity contribution in [3.8, 4) is 0 Å². The second kappa shape index (κ2) is 4.59. The summed E-state index contributed by atoms with van der Waals surface area (Å²) >= 11 is 0. The molecule has 0 nitrogen and oxygen atoms in total. The third kappa shape index (κ3) is 2.33. The Morgan fingerprint density at radius 2 is 1.75 bits per heavy atom. The molecule has 0 N–H and O–H groups in total. The lowest BCUT2D eigenvalue weighted by Gasteiger charge is -1.99. The van der Waals surface area contributed by atoms with Crippen molar-refractivity contribution in [2.45, 2.75) is 39.0 Å². The van der Waals surface area contributed by atoms with Gasteiger partial charge >= 0.3 is 0 Å². The van der Waals surface area contributed by atoms with Gasteiger partial charge in [-0.2, -0.15) is 0 Å². The highest BCUT2D eigenvalue weighted by molar-refractivity contribution is 14.0. The Labute approximate surface area is 69.1 Å². The van der Waals surface area contributed by atoms with Gasteiger partial charge in [0, 0.05) is 0 Å². The van der Waals surface area contributed by atoms with Gasteiger partial charge in [0.05, 0.1) is 0 Å². The van der Waals surface area contributed by atoms with Crippen molar-refractivity contribution in [1.82, 2.24) is 0 Å². The van der Waals surface area contributed by atoms with Gasteiger partial charge in [0.25, 0.3) is 0 Å². The fourth-order valence-corrected chi connectivity index (χ4v) is 1.42. The minimum Gasteiger partial charge on any atom is -0.107 e. The first kappa shape index (κ1) is 8.73. The number of hydrogen-bond acceptors (Lipinski definition) is 0. The van der Waals surface area contributed by atoms with E-state index in [-0.39, 0.29) is 24.0 Å². The normalized spacial score (nSPS) is 20.6. The molecule has 0 heterocycles. The van der Waals surface area contributed by atoms with Gasteiger partial charge in [0.1, 0.15) is 0 Å². The Morgan fingerprint density at radius 1 is 1.25 bits per heavy atom. The SMILES string of the molecule is CCC1CCCC1.I. The Hall–Kier alpha value is 0.730. The molecule has 0 aromatic carbocycles. The van der Waals surface area contributed by atoms with Crippen molar-refractivity contribution >= 4 is 24.0 Å². The van der Waals surface area contributed by atoms with E-state index in [4.69, 9.17) is 0 Å². The Balaban J connectivity index is 0.000000490. The van der Waals surface area contributed by atoms with Crippen LogP contribution in [0.15, 0.2) is 0 Å². The van der Waals surface area contributed by atoms with Crippen LogP contribution in [0.4, 0.5) is 0 Å². The van der Waals surface area contributed by atoms with Crippen LogP contribution in [0.5, 0.6) is 0 Å². The number of halogens is 1. The third-order valence-electron chi connectivity index (χ3n) is 2.05. The first-order valence-corrected chi connectivity index (χ1v) is 3.43. The first-order chi connectivity index (χ1) is 3.43. The minimum absolute atomic E-state index is 0. The molecule has 1 fully saturated rings. The van der Waals surface area contributed by atoms with Gasteiger partial charge in [-0.25, -0.2) is 0 Å². The van der Waals surface area contributed by atoms with Crippen LogP contribution < -0.4 is 0 Å². The predicted octanol–water partition coefficient (Wildman–Crippen LogP) is 3.20. The fraction of sp³-hybridized carbons (Fsp3) is 1.00. The lowest BCUT2D eigenvalue weighted by atomic mass is 10.1. The zero-order valence-corrected chi connectivity index (χ0v) is 7.85. The van der Waals surface area contributed by atoms with Crippen molar-refractivity contribution in [3.05, 3.63) is 0 Å². The highest BCUT2D eigenvalue weighted by atomic mass is 127. The first-order valence-electron chi connectivity index (χ1n) is 3.43. The zero-order chi connectivity index (χ0) is 5.11. The van der Waals surface area contributed by atoms with Crippen LogP contribution in [0.25, 0.3) is 0 Å². The summed E-state index contributed by atoms with van der Waals surface area (Å²) in [6.07, 6.45) is 7.43. The molecule has 1 aliphatic carbocycles. The largest absolute Gasteiger partial charge is 0.107 e. The summed E-state index contributed by atoms with van der Waals surface area (Å²) in [4.78, 5) is 0. The number of hydrogen-bond donors (Lipinski definition) is 0. The Morgan fingerprint density at radius 3 is 2.00 bits per heavy atom. The maximum Gasteiger partial charge on any atom is -0.0417 e. The van der Waals surface area contributed by atoms with Gasteiger partial charge in [-0.05, 0) is 5.92 Å². The lowest BCUT2D eigenvalue weighted by Crippen LogP contribution is -1.86. The van der Waals surface area contributed by atoms with Crippen LogP contribution in [0.3, 0.4) is 0 Å². The molecular weight excluding hydrogens is 211 g/mol. The maximum absolute atomic E-state index is 2.30. The summed E-state index contributed by atoms with van der Waals surface area (Å²) in [6, 6.07) is 0. The van der Waals surface area contributed by atoms with Crippen molar-refractivity contribution in [2.24, 2.45) is 5.92 Å². The molecule has 1 saturated carbocycles. The molecule has 1 rings (SSSR count). The van der Waals surface area contributed by atoms with E-state index in [1.807, 2.05) is 0 Å². The van der Waals surface area contributed by atoms with Crippen LogP contribution in [-0.4, -0.2) is 0 Å². The van der Waals surface area contributed by atoms with E-state index in [2.05, 4.69) is 6.92 Å². The number of rotatable bonds is 1. The molecule has 0 amide bonds.